The highest BCUT2D eigenvalue weighted by Gasteiger charge is 2.26. The van der Waals surface area contributed by atoms with E-state index in [2.05, 4.69) is 10.5 Å². The first-order chi connectivity index (χ1) is 13.0. The number of anilines is 1. The fourth-order valence-electron chi connectivity index (χ4n) is 3.13. The predicted octanol–water partition coefficient (Wildman–Crippen LogP) is 0.636. The molecule has 2 amide bonds. The Hall–Kier alpha value is -2.71. The standard InChI is InChI=1S/C19H25N5O3/c1-14-11-17(22-27-14)21-18(25)13-23-7-9-24(10-8-23)19(26)16(20)12-15-5-3-2-4-6-15/h2-6,11,16H,7-10,12-13,20H2,1H3,(H,21,22,25). The lowest BCUT2D eigenvalue weighted by Gasteiger charge is -2.35. The number of hydrogen-bond acceptors (Lipinski definition) is 6. The monoisotopic (exact) mass is 371 g/mol. The summed E-state index contributed by atoms with van der Waals surface area (Å²) in [5.74, 6) is 0.868. The third-order valence-electron chi connectivity index (χ3n) is 4.56. The van der Waals surface area contributed by atoms with Gasteiger partial charge in [-0.1, -0.05) is 35.5 Å². The molecule has 1 aliphatic heterocycles. The van der Waals surface area contributed by atoms with Crippen LogP contribution < -0.4 is 11.1 Å². The maximum Gasteiger partial charge on any atom is 0.239 e. The van der Waals surface area contributed by atoms with Gasteiger partial charge in [-0.05, 0) is 18.9 Å². The Morgan fingerprint density at radius 1 is 1.22 bits per heavy atom. The second-order valence-corrected chi connectivity index (χ2v) is 6.77. The first kappa shape index (κ1) is 19.1. The third-order valence-corrected chi connectivity index (χ3v) is 4.56. The topological polar surface area (TPSA) is 105 Å². The van der Waals surface area contributed by atoms with E-state index in [1.807, 2.05) is 35.2 Å². The molecule has 0 saturated carbocycles. The van der Waals surface area contributed by atoms with Crippen molar-refractivity contribution in [3.8, 4) is 0 Å². The van der Waals surface area contributed by atoms with E-state index in [4.69, 9.17) is 10.3 Å². The minimum absolute atomic E-state index is 0.0407. The number of nitrogens with two attached hydrogens (primary N) is 1. The smallest absolute Gasteiger partial charge is 0.239 e. The molecule has 1 aromatic heterocycles. The van der Waals surface area contributed by atoms with Gasteiger partial charge in [-0.2, -0.15) is 0 Å². The van der Waals surface area contributed by atoms with Crippen molar-refractivity contribution in [1.82, 2.24) is 15.0 Å². The SMILES string of the molecule is Cc1cc(NC(=O)CN2CCN(C(=O)C(N)Cc3ccccc3)CC2)no1. The molecule has 1 fully saturated rings. The number of benzene rings is 1. The van der Waals surface area contributed by atoms with Crippen molar-refractivity contribution in [2.45, 2.75) is 19.4 Å². The van der Waals surface area contributed by atoms with Crippen molar-refractivity contribution in [3.05, 3.63) is 47.7 Å². The zero-order valence-corrected chi connectivity index (χ0v) is 15.4. The van der Waals surface area contributed by atoms with Crippen molar-refractivity contribution in [2.75, 3.05) is 38.0 Å². The lowest BCUT2D eigenvalue weighted by atomic mass is 10.1. The van der Waals surface area contributed by atoms with Crippen LogP contribution in [-0.2, 0) is 16.0 Å². The summed E-state index contributed by atoms with van der Waals surface area (Å²) in [5, 5.41) is 6.45. The second-order valence-electron chi connectivity index (χ2n) is 6.77. The quantitative estimate of drug-likeness (QED) is 0.772. The average molecular weight is 371 g/mol. The molecule has 0 radical (unpaired) electrons. The number of amides is 2. The van der Waals surface area contributed by atoms with Gasteiger partial charge in [-0.25, -0.2) is 0 Å². The summed E-state index contributed by atoms with van der Waals surface area (Å²) in [6, 6.07) is 10.9. The first-order valence-electron chi connectivity index (χ1n) is 9.05. The van der Waals surface area contributed by atoms with Crippen molar-refractivity contribution < 1.29 is 14.1 Å². The predicted molar refractivity (Wildman–Crippen MR) is 101 cm³/mol. The number of carbonyl (C=O) groups excluding carboxylic acids is 2. The fourth-order valence-corrected chi connectivity index (χ4v) is 3.13. The van der Waals surface area contributed by atoms with E-state index in [1.54, 1.807) is 17.9 Å². The number of carbonyl (C=O) groups is 2. The van der Waals surface area contributed by atoms with Crippen LogP contribution in [0.15, 0.2) is 40.9 Å². The molecule has 3 rings (SSSR count). The Kier molecular flexibility index (Phi) is 6.20. The van der Waals surface area contributed by atoms with Crippen molar-refractivity contribution in [1.29, 1.82) is 0 Å². The minimum Gasteiger partial charge on any atom is -0.360 e. The molecular formula is C19H25N5O3. The number of aryl methyl sites for hydroxylation is 1. The number of aromatic nitrogens is 1. The highest BCUT2D eigenvalue weighted by molar-refractivity contribution is 5.91. The molecule has 1 unspecified atom stereocenters. The highest BCUT2D eigenvalue weighted by Crippen LogP contribution is 2.09. The van der Waals surface area contributed by atoms with Gasteiger partial charge in [0.1, 0.15) is 5.76 Å². The number of rotatable bonds is 6. The van der Waals surface area contributed by atoms with Gasteiger partial charge < -0.3 is 20.5 Å². The van der Waals surface area contributed by atoms with Gasteiger partial charge in [0.2, 0.25) is 11.8 Å². The molecule has 1 aromatic carbocycles. The molecule has 1 atom stereocenters. The summed E-state index contributed by atoms with van der Waals surface area (Å²) >= 11 is 0. The number of nitrogens with one attached hydrogen (secondary N) is 1. The summed E-state index contributed by atoms with van der Waals surface area (Å²) in [7, 11) is 0. The third kappa shape index (κ3) is 5.38. The van der Waals surface area contributed by atoms with Gasteiger partial charge in [0, 0.05) is 32.2 Å². The Morgan fingerprint density at radius 3 is 2.56 bits per heavy atom. The Morgan fingerprint density at radius 2 is 1.93 bits per heavy atom. The first-order valence-corrected chi connectivity index (χ1v) is 9.05. The molecule has 144 valence electrons. The lowest BCUT2D eigenvalue weighted by Crippen LogP contribution is -2.54. The van der Waals surface area contributed by atoms with Gasteiger partial charge in [-0.3, -0.25) is 14.5 Å². The van der Waals surface area contributed by atoms with E-state index >= 15 is 0 Å². The van der Waals surface area contributed by atoms with Gasteiger partial charge in [0.15, 0.2) is 5.82 Å². The van der Waals surface area contributed by atoms with Crippen LogP contribution in [-0.4, -0.2) is 65.5 Å². The summed E-state index contributed by atoms with van der Waals surface area (Å²) in [6.45, 7) is 4.42. The molecule has 0 bridgehead atoms. The Bertz CT molecular complexity index is 769. The van der Waals surface area contributed by atoms with Crippen molar-refractivity contribution >= 4 is 17.6 Å². The summed E-state index contributed by atoms with van der Waals surface area (Å²) in [6.07, 6.45) is 0.527. The molecule has 8 heteroatoms. The molecule has 2 aromatic rings. The van der Waals surface area contributed by atoms with Gasteiger partial charge >= 0.3 is 0 Å². The van der Waals surface area contributed by atoms with Crippen LogP contribution in [0.3, 0.4) is 0 Å². The maximum atomic E-state index is 12.6. The zero-order valence-electron chi connectivity index (χ0n) is 15.4. The second kappa shape index (κ2) is 8.79. The zero-order chi connectivity index (χ0) is 19.2. The van der Waals surface area contributed by atoms with Crippen LogP contribution in [0.5, 0.6) is 0 Å². The van der Waals surface area contributed by atoms with E-state index in [9.17, 15) is 9.59 Å². The number of hydrogen-bond donors (Lipinski definition) is 2. The molecule has 8 nitrogen and oxygen atoms in total. The van der Waals surface area contributed by atoms with Gasteiger partial charge in [-0.15, -0.1) is 0 Å². The fraction of sp³-hybridized carbons (Fsp3) is 0.421. The number of nitrogens with zero attached hydrogens (tertiary/aromatic N) is 3. The molecule has 3 N–H and O–H groups in total. The van der Waals surface area contributed by atoms with E-state index in [0.717, 1.165) is 5.56 Å². The van der Waals surface area contributed by atoms with E-state index in [-0.39, 0.29) is 18.4 Å². The summed E-state index contributed by atoms with van der Waals surface area (Å²) in [4.78, 5) is 28.4. The number of piperazine rings is 1. The van der Waals surface area contributed by atoms with Crippen LogP contribution in [0, 0.1) is 6.92 Å². The maximum absolute atomic E-state index is 12.6. The van der Waals surface area contributed by atoms with Crippen LogP contribution in [0.1, 0.15) is 11.3 Å². The average Bonchev–Trinajstić information content (AvgIpc) is 3.07. The largest absolute Gasteiger partial charge is 0.360 e. The van der Waals surface area contributed by atoms with Crippen LogP contribution >= 0.6 is 0 Å². The minimum atomic E-state index is -0.544. The van der Waals surface area contributed by atoms with Crippen LogP contribution in [0.25, 0.3) is 0 Å². The molecule has 0 aliphatic carbocycles. The molecule has 27 heavy (non-hydrogen) atoms. The summed E-state index contributed by atoms with van der Waals surface area (Å²) < 4.78 is 4.93. The molecule has 0 spiro atoms. The molecule has 1 aliphatic rings. The lowest BCUT2D eigenvalue weighted by molar-refractivity contribution is -0.134. The van der Waals surface area contributed by atoms with E-state index in [0.29, 0.717) is 44.2 Å². The highest BCUT2D eigenvalue weighted by atomic mass is 16.5. The Labute approximate surface area is 158 Å². The summed E-state index contributed by atoms with van der Waals surface area (Å²) in [5.41, 5.74) is 7.15. The van der Waals surface area contributed by atoms with Gasteiger partial charge in [0.05, 0.1) is 12.6 Å². The van der Waals surface area contributed by atoms with Crippen LogP contribution in [0.2, 0.25) is 0 Å². The van der Waals surface area contributed by atoms with Crippen LogP contribution in [0.4, 0.5) is 5.82 Å². The molecule has 1 saturated heterocycles. The van der Waals surface area contributed by atoms with Crippen molar-refractivity contribution in [3.63, 3.8) is 0 Å². The van der Waals surface area contributed by atoms with E-state index in [1.165, 1.54) is 0 Å². The van der Waals surface area contributed by atoms with Crippen molar-refractivity contribution in [2.24, 2.45) is 5.73 Å². The molecular weight excluding hydrogens is 346 g/mol. The van der Waals surface area contributed by atoms with E-state index < -0.39 is 6.04 Å². The van der Waals surface area contributed by atoms with Gasteiger partial charge in [0.25, 0.3) is 0 Å². The molecule has 2 heterocycles. The Balaban J connectivity index is 1.42. The normalized spacial score (nSPS) is 16.1.